The molecule has 0 amide bonds. The molecular weight excluding hydrogens is 266 g/mol. The molecule has 0 unspecified atom stereocenters. The van der Waals surface area contributed by atoms with Gasteiger partial charge in [0, 0.05) is 26.1 Å². The molecule has 0 bridgehead atoms. The molecule has 5 heteroatoms. The van der Waals surface area contributed by atoms with Crippen molar-refractivity contribution in [1.29, 1.82) is 0 Å². The summed E-state index contributed by atoms with van der Waals surface area (Å²) in [7, 11) is 0. The van der Waals surface area contributed by atoms with Crippen molar-refractivity contribution in [3.63, 3.8) is 0 Å². The molecule has 0 atom stereocenters. The van der Waals surface area contributed by atoms with Gasteiger partial charge in [0.1, 0.15) is 0 Å². The number of hydrogen-bond acceptors (Lipinski definition) is 3. The third kappa shape index (κ3) is 13.5. The molecule has 0 spiro atoms. The minimum atomic E-state index is -0.0779. The van der Waals surface area contributed by atoms with Gasteiger partial charge in [0.25, 0.3) is 0 Å². The van der Waals surface area contributed by atoms with Gasteiger partial charge in [-0.2, -0.15) is 0 Å². The van der Waals surface area contributed by atoms with E-state index >= 15 is 0 Å². The van der Waals surface area contributed by atoms with E-state index in [1.165, 1.54) is 0 Å². The summed E-state index contributed by atoms with van der Waals surface area (Å²) in [4.78, 5) is 15.7. The Morgan fingerprint density at radius 2 is 1.81 bits per heavy atom. The molecule has 0 aromatic rings. The summed E-state index contributed by atoms with van der Waals surface area (Å²) in [6.07, 6.45) is 4.74. The van der Waals surface area contributed by atoms with Crippen LogP contribution in [0.15, 0.2) is 4.99 Å². The molecule has 0 heterocycles. The molecule has 0 aromatic heterocycles. The number of esters is 1. The SMILES string of the molecule is CCNC(=NCC(C)C)NCCCCCCC(=O)OCC. The Hall–Kier alpha value is -1.26. The number of carbonyl (C=O) groups excluding carboxylic acids is 1. The van der Waals surface area contributed by atoms with Gasteiger partial charge in [-0.25, -0.2) is 0 Å². The van der Waals surface area contributed by atoms with Crippen molar-refractivity contribution in [3.8, 4) is 0 Å². The van der Waals surface area contributed by atoms with Gasteiger partial charge in [0.2, 0.25) is 0 Å². The van der Waals surface area contributed by atoms with E-state index in [1.807, 2.05) is 6.92 Å². The fourth-order valence-corrected chi connectivity index (χ4v) is 1.80. The number of nitrogens with one attached hydrogen (secondary N) is 2. The zero-order chi connectivity index (χ0) is 15.9. The average Bonchev–Trinajstić information content (AvgIpc) is 2.43. The molecule has 5 nitrogen and oxygen atoms in total. The van der Waals surface area contributed by atoms with E-state index in [9.17, 15) is 4.79 Å². The lowest BCUT2D eigenvalue weighted by atomic mass is 10.1. The van der Waals surface area contributed by atoms with Crippen molar-refractivity contribution >= 4 is 11.9 Å². The Labute approximate surface area is 129 Å². The van der Waals surface area contributed by atoms with Crippen molar-refractivity contribution in [2.45, 2.75) is 59.8 Å². The van der Waals surface area contributed by atoms with Gasteiger partial charge < -0.3 is 15.4 Å². The van der Waals surface area contributed by atoms with Gasteiger partial charge >= 0.3 is 5.97 Å². The predicted molar refractivity (Wildman–Crippen MR) is 88.5 cm³/mol. The third-order valence-electron chi connectivity index (χ3n) is 2.86. The Balaban J connectivity index is 3.62. The fourth-order valence-electron chi connectivity index (χ4n) is 1.80. The Morgan fingerprint density at radius 1 is 1.10 bits per heavy atom. The number of unbranched alkanes of at least 4 members (excludes halogenated alkanes) is 3. The molecule has 0 aliphatic heterocycles. The first-order chi connectivity index (χ1) is 10.1. The Bertz CT molecular complexity index is 291. The minimum absolute atomic E-state index is 0.0779. The molecule has 0 saturated carbocycles. The number of hydrogen-bond donors (Lipinski definition) is 2. The van der Waals surface area contributed by atoms with Crippen molar-refractivity contribution in [1.82, 2.24) is 10.6 Å². The van der Waals surface area contributed by atoms with Crippen LogP contribution in [0.2, 0.25) is 0 Å². The fraction of sp³-hybridized carbons (Fsp3) is 0.875. The van der Waals surface area contributed by atoms with E-state index < -0.39 is 0 Å². The summed E-state index contributed by atoms with van der Waals surface area (Å²) in [5.74, 6) is 1.40. The van der Waals surface area contributed by atoms with Gasteiger partial charge in [0.15, 0.2) is 5.96 Å². The minimum Gasteiger partial charge on any atom is -0.466 e. The molecular formula is C16H33N3O2. The van der Waals surface area contributed by atoms with Gasteiger partial charge in [0.05, 0.1) is 6.61 Å². The van der Waals surface area contributed by atoms with Crippen LogP contribution in [0, 0.1) is 5.92 Å². The molecule has 2 N–H and O–H groups in total. The Morgan fingerprint density at radius 3 is 2.43 bits per heavy atom. The van der Waals surface area contributed by atoms with Gasteiger partial charge in [-0.1, -0.05) is 26.7 Å². The van der Waals surface area contributed by atoms with E-state index in [2.05, 4.69) is 36.4 Å². The van der Waals surface area contributed by atoms with E-state index in [4.69, 9.17) is 4.74 Å². The largest absolute Gasteiger partial charge is 0.466 e. The molecule has 0 aliphatic rings. The van der Waals surface area contributed by atoms with Crippen LogP contribution >= 0.6 is 0 Å². The predicted octanol–water partition coefficient (Wildman–Crippen LogP) is 2.71. The van der Waals surface area contributed by atoms with Gasteiger partial charge in [-0.05, 0) is 32.6 Å². The van der Waals surface area contributed by atoms with Crippen LogP contribution in [0.25, 0.3) is 0 Å². The maximum atomic E-state index is 11.2. The molecule has 0 saturated heterocycles. The normalized spacial score (nSPS) is 11.6. The summed E-state index contributed by atoms with van der Waals surface area (Å²) in [6.45, 7) is 11.4. The summed E-state index contributed by atoms with van der Waals surface area (Å²) in [5.41, 5.74) is 0. The van der Waals surface area contributed by atoms with E-state index in [0.29, 0.717) is 18.9 Å². The van der Waals surface area contributed by atoms with E-state index in [0.717, 1.165) is 51.3 Å². The summed E-state index contributed by atoms with van der Waals surface area (Å²) in [6, 6.07) is 0. The van der Waals surface area contributed by atoms with Crippen molar-refractivity contribution in [3.05, 3.63) is 0 Å². The van der Waals surface area contributed by atoms with Crippen LogP contribution < -0.4 is 10.6 Å². The van der Waals surface area contributed by atoms with Crippen molar-refractivity contribution < 1.29 is 9.53 Å². The molecule has 124 valence electrons. The zero-order valence-corrected chi connectivity index (χ0v) is 14.2. The van der Waals surface area contributed by atoms with Gasteiger partial charge in [-0.3, -0.25) is 9.79 Å². The first-order valence-corrected chi connectivity index (χ1v) is 8.27. The summed E-state index contributed by atoms with van der Waals surface area (Å²) < 4.78 is 4.90. The zero-order valence-electron chi connectivity index (χ0n) is 14.2. The molecule has 0 aromatic carbocycles. The molecule has 0 rings (SSSR count). The lowest BCUT2D eigenvalue weighted by Crippen LogP contribution is -2.38. The third-order valence-corrected chi connectivity index (χ3v) is 2.86. The highest BCUT2D eigenvalue weighted by atomic mass is 16.5. The molecule has 0 radical (unpaired) electrons. The highest BCUT2D eigenvalue weighted by molar-refractivity contribution is 5.79. The highest BCUT2D eigenvalue weighted by Crippen LogP contribution is 2.03. The number of ether oxygens (including phenoxy) is 1. The monoisotopic (exact) mass is 299 g/mol. The van der Waals surface area contributed by atoms with Crippen LogP contribution in [0.4, 0.5) is 0 Å². The van der Waals surface area contributed by atoms with E-state index in [1.54, 1.807) is 0 Å². The maximum Gasteiger partial charge on any atom is 0.305 e. The van der Waals surface area contributed by atoms with Crippen LogP contribution in [0.3, 0.4) is 0 Å². The van der Waals surface area contributed by atoms with Crippen molar-refractivity contribution in [2.75, 3.05) is 26.2 Å². The Kier molecular flexibility index (Phi) is 12.9. The van der Waals surface area contributed by atoms with Crippen LogP contribution in [-0.4, -0.2) is 38.2 Å². The number of rotatable bonds is 11. The van der Waals surface area contributed by atoms with Gasteiger partial charge in [-0.15, -0.1) is 0 Å². The van der Waals surface area contributed by atoms with Crippen LogP contribution in [0.1, 0.15) is 59.8 Å². The second-order valence-corrected chi connectivity index (χ2v) is 5.51. The maximum absolute atomic E-state index is 11.2. The quantitative estimate of drug-likeness (QED) is 0.266. The van der Waals surface area contributed by atoms with Crippen LogP contribution in [-0.2, 0) is 9.53 Å². The number of guanidine groups is 1. The standard InChI is InChI=1S/C16H33N3O2/c1-5-17-16(19-13-14(3)4)18-12-10-8-7-9-11-15(20)21-6-2/h14H,5-13H2,1-4H3,(H2,17,18,19). The molecule has 21 heavy (non-hydrogen) atoms. The first-order valence-electron chi connectivity index (χ1n) is 8.27. The smallest absolute Gasteiger partial charge is 0.305 e. The number of carbonyl (C=O) groups is 1. The highest BCUT2D eigenvalue weighted by Gasteiger charge is 2.01. The molecule has 0 aliphatic carbocycles. The van der Waals surface area contributed by atoms with Crippen molar-refractivity contribution in [2.24, 2.45) is 10.9 Å². The van der Waals surface area contributed by atoms with Crippen LogP contribution in [0.5, 0.6) is 0 Å². The number of nitrogens with zero attached hydrogens (tertiary/aromatic N) is 1. The topological polar surface area (TPSA) is 62.7 Å². The second-order valence-electron chi connectivity index (χ2n) is 5.51. The number of aliphatic imine (C=N–C) groups is 1. The second kappa shape index (κ2) is 13.7. The van der Waals surface area contributed by atoms with E-state index in [-0.39, 0.29) is 5.97 Å². The first kappa shape index (κ1) is 19.7. The summed E-state index contributed by atoms with van der Waals surface area (Å²) >= 11 is 0. The lowest BCUT2D eigenvalue weighted by Gasteiger charge is -2.11. The molecule has 0 fully saturated rings. The summed E-state index contributed by atoms with van der Waals surface area (Å²) in [5, 5.41) is 6.59. The lowest BCUT2D eigenvalue weighted by molar-refractivity contribution is -0.143. The average molecular weight is 299 g/mol.